The summed E-state index contributed by atoms with van der Waals surface area (Å²) in [7, 11) is 0. The minimum absolute atomic E-state index is 0.0264. The number of hydrogen-bond acceptors (Lipinski definition) is 4. The third-order valence-corrected chi connectivity index (χ3v) is 6.91. The molecule has 4 nitrogen and oxygen atoms in total. The zero-order valence-corrected chi connectivity index (χ0v) is 21.0. The first-order valence-electron chi connectivity index (χ1n) is 12.2. The third kappa shape index (κ3) is 5.36. The van der Waals surface area contributed by atoms with Crippen LogP contribution in [-0.2, 0) is 20.3 Å². The van der Waals surface area contributed by atoms with Crippen molar-refractivity contribution in [1.29, 1.82) is 0 Å². The molecule has 2 aromatic carbocycles. The number of halogens is 1. The number of ether oxygens (including phenoxy) is 2. The molecule has 2 fully saturated rings. The van der Waals surface area contributed by atoms with E-state index in [4.69, 9.17) is 9.47 Å². The largest absolute Gasteiger partial charge is 0.377 e. The molecule has 2 unspecified atom stereocenters. The molecule has 0 amide bonds. The Morgan fingerprint density at radius 3 is 2.18 bits per heavy atom. The molecule has 0 N–H and O–H groups in total. The molecule has 2 atom stereocenters. The maximum atomic E-state index is 14.9. The fourth-order valence-corrected chi connectivity index (χ4v) is 4.75. The topological polar surface area (TPSA) is 24.9 Å². The summed E-state index contributed by atoms with van der Waals surface area (Å²) in [4.78, 5) is 4.56. The summed E-state index contributed by atoms with van der Waals surface area (Å²) in [6.45, 7) is 17.2. The Bertz CT molecular complexity index is 946. The van der Waals surface area contributed by atoms with Crippen molar-refractivity contribution < 1.29 is 13.9 Å². The highest BCUT2D eigenvalue weighted by atomic mass is 19.1. The first-order valence-corrected chi connectivity index (χ1v) is 12.2. The van der Waals surface area contributed by atoms with Gasteiger partial charge in [-0.3, -0.25) is 0 Å². The highest BCUT2D eigenvalue weighted by Crippen LogP contribution is 2.32. The van der Waals surface area contributed by atoms with Crippen LogP contribution in [0.25, 0.3) is 0 Å². The number of hydrogen-bond donors (Lipinski definition) is 0. The zero-order valence-electron chi connectivity index (χ0n) is 21.0. The summed E-state index contributed by atoms with van der Waals surface area (Å²) in [5.74, 6) is -0.168. The summed E-state index contributed by atoms with van der Waals surface area (Å²) in [5.41, 5.74) is 4.43. The summed E-state index contributed by atoms with van der Waals surface area (Å²) >= 11 is 0. The van der Waals surface area contributed by atoms with Crippen LogP contribution in [0.1, 0.15) is 52.7 Å². The second kappa shape index (κ2) is 9.27. The lowest BCUT2D eigenvalue weighted by molar-refractivity contribution is -0.0175. The smallest absolute Gasteiger partial charge is 0.146 e. The Labute approximate surface area is 198 Å². The molecular weight excluding hydrogens is 415 g/mol. The van der Waals surface area contributed by atoms with Gasteiger partial charge in [-0.15, -0.1) is 0 Å². The molecule has 33 heavy (non-hydrogen) atoms. The fraction of sp³-hybridized carbons (Fsp3) is 0.571. The predicted molar refractivity (Wildman–Crippen MR) is 134 cm³/mol. The standard InChI is InChI=1S/C28H39FN2O2/c1-27(2,3)20-7-10-22(11-8-20)31-14-15-32-19-25(31)26-18-30(13-16-33-26)24-17-21(28(4,5)6)9-12-23(24)29/h7-12,17,25-26H,13-16,18-19H2,1-6H3. The average molecular weight is 455 g/mol. The van der Waals surface area contributed by atoms with Crippen LogP contribution in [0.15, 0.2) is 42.5 Å². The van der Waals surface area contributed by atoms with Crippen LogP contribution in [-0.4, -0.2) is 51.6 Å². The molecule has 0 spiro atoms. The lowest BCUT2D eigenvalue weighted by atomic mass is 9.86. The summed E-state index contributed by atoms with van der Waals surface area (Å²) in [6, 6.07) is 14.5. The van der Waals surface area contributed by atoms with Crippen molar-refractivity contribution in [1.82, 2.24) is 0 Å². The van der Waals surface area contributed by atoms with E-state index in [9.17, 15) is 4.39 Å². The van der Waals surface area contributed by atoms with Crippen molar-refractivity contribution >= 4 is 11.4 Å². The van der Waals surface area contributed by atoms with Gasteiger partial charge >= 0.3 is 0 Å². The molecule has 0 saturated carbocycles. The van der Waals surface area contributed by atoms with E-state index in [0.717, 1.165) is 12.1 Å². The van der Waals surface area contributed by atoms with Crippen LogP contribution < -0.4 is 9.80 Å². The number of benzene rings is 2. The summed E-state index contributed by atoms with van der Waals surface area (Å²) in [6.07, 6.45) is -0.0564. The summed E-state index contributed by atoms with van der Waals surface area (Å²) < 4.78 is 27.0. The molecule has 4 rings (SSSR count). The van der Waals surface area contributed by atoms with E-state index in [1.807, 2.05) is 12.1 Å². The molecule has 2 aliphatic heterocycles. The van der Waals surface area contributed by atoms with Gasteiger partial charge in [-0.25, -0.2) is 4.39 Å². The Kier molecular flexibility index (Phi) is 6.75. The van der Waals surface area contributed by atoms with Crippen LogP contribution in [0, 0.1) is 5.82 Å². The normalized spacial score (nSPS) is 22.5. The molecule has 2 saturated heterocycles. The molecule has 2 heterocycles. The molecule has 0 aromatic heterocycles. The van der Waals surface area contributed by atoms with Crippen molar-refractivity contribution in [3.05, 3.63) is 59.4 Å². The van der Waals surface area contributed by atoms with Crippen LogP contribution in [0.4, 0.5) is 15.8 Å². The molecule has 180 valence electrons. The first-order chi connectivity index (χ1) is 15.5. The van der Waals surface area contributed by atoms with Crippen molar-refractivity contribution in [2.24, 2.45) is 0 Å². The Morgan fingerprint density at radius 1 is 0.848 bits per heavy atom. The van der Waals surface area contributed by atoms with Gasteiger partial charge in [0.1, 0.15) is 5.82 Å². The SMILES string of the molecule is CC(C)(C)c1ccc(N2CCOCC2C2CN(c3cc(C(C)(C)C)ccc3F)CCO2)cc1. The molecule has 2 aromatic rings. The van der Waals surface area contributed by atoms with Crippen LogP contribution >= 0.6 is 0 Å². The Hall–Kier alpha value is -2.11. The van der Waals surface area contributed by atoms with Gasteiger partial charge in [0.15, 0.2) is 0 Å². The Balaban J connectivity index is 1.55. The van der Waals surface area contributed by atoms with Crippen LogP contribution in [0.3, 0.4) is 0 Å². The maximum absolute atomic E-state index is 14.9. The summed E-state index contributed by atoms with van der Waals surface area (Å²) in [5, 5.41) is 0. The van der Waals surface area contributed by atoms with Gasteiger partial charge in [-0.05, 0) is 46.2 Å². The number of anilines is 2. The lowest BCUT2D eigenvalue weighted by Crippen LogP contribution is -2.58. The van der Waals surface area contributed by atoms with Gasteiger partial charge in [0.25, 0.3) is 0 Å². The van der Waals surface area contributed by atoms with E-state index < -0.39 is 0 Å². The van der Waals surface area contributed by atoms with Gasteiger partial charge in [-0.2, -0.15) is 0 Å². The monoisotopic (exact) mass is 454 g/mol. The highest BCUT2D eigenvalue weighted by Gasteiger charge is 2.35. The van der Waals surface area contributed by atoms with Crippen molar-refractivity contribution in [2.45, 2.75) is 64.5 Å². The van der Waals surface area contributed by atoms with Gasteiger partial charge in [0, 0.05) is 25.3 Å². The van der Waals surface area contributed by atoms with Gasteiger partial charge < -0.3 is 19.3 Å². The van der Waals surface area contributed by atoms with Crippen LogP contribution in [0.2, 0.25) is 0 Å². The van der Waals surface area contributed by atoms with Crippen molar-refractivity contribution in [2.75, 3.05) is 49.3 Å². The molecule has 5 heteroatoms. The van der Waals surface area contributed by atoms with E-state index in [1.165, 1.54) is 11.3 Å². The molecule has 0 bridgehead atoms. The third-order valence-electron chi connectivity index (χ3n) is 6.91. The lowest BCUT2D eigenvalue weighted by Gasteiger charge is -2.45. The van der Waals surface area contributed by atoms with E-state index in [0.29, 0.717) is 38.6 Å². The van der Waals surface area contributed by atoms with Gasteiger partial charge in [0.2, 0.25) is 0 Å². The second-order valence-corrected chi connectivity index (χ2v) is 11.4. The average Bonchev–Trinajstić information content (AvgIpc) is 2.78. The van der Waals surface area contributed by atoms with E-state index in [-0.39, 0.29) is 28.8 Å². The predicted octanol–water partition coefficient (Wildman–Crippen LogP) is 5.53. The molecule has 0 aliphatic carbocycles. The van der Waals surface area contributed by atoms with E-state index in [2.05, 4.69) is 75.6 Å². The van der Waals surface area contributed by atoms with E-state index >= 15 is 0 Å². The molecule has 2 aliphatic rings. The quantitative estimate of drug-likeness (QED) is 0.609. The maximum Gasteiger partial charge on any atom is 0.146 e. The zero-order chi connectivity index (χ0) is 23.8. The van der Waals surface area contributed by atoms with Crippen molar-refractivity contribution in [3.63, 3.8) is 0 Å². The van der Waals surface area contributed by atoms with Gasteiger partial charge in [0.05, 0.1) is 37.7 Å². The van der Waals surface area contributed by atoms with Gasteiger partial charge in [-0.1, -0.05) is 59.7 Å². The highest BCUT2D eigenvalue weighted by molar-refractivity contribution is 5.53. The molecule has 0 radical (unpaired) electrons. The second-order valence-electron chi connectivity index (χ2n) is 11.4. The number of rotatable bonds is 3. The number of morpholine rings is 2. The fourth-order valence-electron chi connectivity index (χ4n) is 4.75. The molecular formula is C28H39FN2O2. The minimum Gasteiger partial charge on any atom is -0.377 e. The Morgan fingerprint density at radius 2 is 1.52 bits per heavy atom. The number of nitrogens with zero attached hydrogens (tertiary/aromatic N) is 2. The van der Waals surface area contributed by atoms with E-state index in [1.54, 1.807) is 6.07 Å². The minimum atomic E-state index is -0.168. The van der Waals surface area contributed by atoms with Crippen LogP contribution in [0.5, 0.6) is 0 Å². The first kappa shape index (κ1) is 24.0. The van der Waals surface area contributed by atoms with Crippen molar-refractivity contribution in [3.8, 4) is 0 Å².